The van der Waals surface area contributed by atoms with Gasteiger partial charge in [0.2, 0.25) is 0 Å². The fraction of sp³-hybridized carbons (Fsp3) is 0. The molecule has 1 aromatic heterocycles. The summed E-state index contributed by atoms with van der Waals surface area (Å²) < 4.78 is 0. The Morgan fingerprint density at radius 2 is 1.88 bits per heavy atom. The van der Waals surface area contributed by atoms with Crippen molar-refractivity contribution in [1.82, 2.24) is 9.97 Å². The molecule has 0 bridgehead atoms. The van der Waals surface area contributed by atoms with E-state index >= 15 is 0 Å². The predicted molar refractivity (Wildman–Crippen MR) is 62.2 cm³/mol. The molecule has 0 aliphatic rings. The monoisotopic (exact) mass is 249 g/mol. The molecule has 0 amide bonds. The number of aromatic nitrogens is 2. The van der Waals surface area contributed by atoms with Crippen molar-refractivity contribution in [2.45, 2.75) is 0 Å². The third-order valence-electron chi connectivity index (χ3n) is 2.01. The molecule has 0 aliphatic heterocycles. The van der Waals surface area contributed by atoms with Crippen LogP contribution in [0, 0.1) is 11.3 Å². The fourth-order valence-electron chi connectivity index (χ4n) is 1.30. The maximum absolute atomic E-state index is 8.91. The van der Waals surface area contributed by atoms with Crippen LogP contribution in [0.5, 0.6) is 0 Å². The zero-order valence-corrected chi connectivity index (χ0v) is 9.50. The first-order valence-electron chi connectivity index (χ1n) is 4.39. The zero-order valence-electron chi connectivity index (χ0n) is 7.98. The van der Waals surface area contributed by atoms with E-state index in [1.165, 1.54) is 12.4 Å². The number of benzene rings is 1. The van der Waals surface area contributed by atoms with Gasteiger partial charge in [0.1, 0.15) is 11.8 Å². The second-order valence-corrected chi connectivity index (χ2v) is 3.75. The molecule has 0 N–H and O–H groups in total. The molecular formula is C11H5Cl2N3. The highest BCUT2D eigenvalue weighted by Crippen LogP contribution is 2.33. The van der Waals surface area contributed by atoms with Gasteiger partial charge in [0.25, 0.3) is 0 Å². The van der Waals surface area contributed by atoms with Crippen molar-refractivity contribution >= 4 is 23.2 Å². The Labute approximate surface area is 102 Å². The van der Waals surface area contributed by atoms with E-state index in [0.29, 0.717) is 21.3 Å². The Balaban J connectivity index is 2.69. The summed E-state index contributed by atoms with van der Waals surface area (Å²) in [4.78, 5) is 8.01. The molecule has 0 saturated carbocycles. The van der Waals surface area contributed by atoms with E-state index in [0.717, 1.165) is 0 Å². The van der Waals surface area contributed by atoms with Crippen LogP contribution in [0.4, 0.5) is 0 Å². The number of nitriles is 1. The molecule has 78 valence electrons. The summed E-state index contributed by atoms with van der Waals surface area (Å²) in [5, 5.41) is 9.71. The summed E-state index contributed by atoms with van der Waals surface area (Å²) in [5.41, 5.74) is 1.28. The summed E-state index contributed by atoms with van der Waals surface area (Å²) >= 11 is 11.9. The van der Waals surface area contributed by atoms with Crippen molar-refractivity contribution in [3.05, 3.63) is 46.3 Å². The summed E-state index contributed by atoms with van der Waals surface area (Å²) in [6.45, 7) is 0. The van der Waals surface area contributed by atoms with Crippen molar-refractivity contribution in [3.8, 4) is 17.3 Å². The number of rotatable bonds is 1. The van der Waals surface area contributed by atoms with Crippen LogP contribution in [-0.2, 0) is 0 Å². The van der Waals surface area contributed by atoms with Crippen molar-refractivity contribution < 1.29 is 0 Å². The van der Waals surface area contributed by atoms with Crippen LogP contribution in [-0.4, -0.2) is 9.97 Å². The maximum atomic E-state index is 8.91. The molecule has 0 aliphatic carbocycles. The lowest BCUT2D eigenvalue weighted by Gasteiger charge is -2.05. The van der Waals surface area contributed by atoms with Gasteiger partial charge in [-0.05, 0) is 6.07 Å². The van der Waals surface area contributed by atoms with Gasteiger partial charge in [-0.3, -0.25) is 4.98 Å². The molecular weight excluding hydrogens is 245 g/mol. The SMILES string of the molecule is N#Cc1nccnc1-c1cccc(Cl)c1Cl. The van der Waals surface area contributed by atoms with Crippen LogP contribution in [0.15, 0.2) is 30.6 Å². The van der Waals surface area contributed by atoms with Crippen molar-refractivity contribution in [3.63, 3.8) is 0 Å². The van der Waals surface area contributed by atoms with E-state index in [4.69, 9.17) is 28.5 Å². The lowest BCUT2D eigenvalue weighted by molar-refractivity contribution is 1.17. The van der Waals surface area contributed by atoms with Gasteiger partial charge in [0, 0.05) is 18.0 Å². The molecule has 0 radical (unpaired) electrons. The molecule has 0 spiro atoms. The maximum Gasteiger partial charge on any atom is 0.166 e. The van der Waals surface area contributed by atoms with Crippen LogP contribution in [0.3, 0.4) is 0 Å². The van der Waals surface area contributed by atoms with Crippen LogP contribution in [0.1, 0.15) is 5.69 Å². The quantitative estimate of drug-likeness (QED) is 0.779. The van der Waals surface area contributed by atoms with Crippen molar-refractivity contribution in [2.24, 2.45) is 0 Å². The first kappa shape index (κ1) is 10.9. The molecule has 0 saturated heterocycles. The number of halogens is 2. The van der Waals surface area contributed by atoms with E-state index in [1.807, 2.05) is 6.07 Å². The van der Waals surface area contributed by atoms with Crippen LogP contribution >= 0.6 is 23.2 Å². The second kappa shape index (κ2) is 4.48. The first-order valence-corrected chi connectivity index (χ1v) is 5.15. The van der Waals surface area contributed by atoms with Gasteiger partial charge in [-0.1, -0.05) is 35.3 Å². The average molecular weight is 250 g/mol. The van der Waals surface area contributed by atoms with Crippen LogP contribution < -0.4 is 0 Å². The highest BCUT2D eigenvalue weighted by molar-refractivity contribution is 6.43. The Morgan fingerprint density at radius 3 is 2.62 bits per heavy atom. The van der Waals surface area contributed by atoms with Gasteiger partial charge in [-0.15, -0.1) is 0 Å². The predicted octanol–water partition coefficient (Wildman–Crippen LogP) is 3.32. The molecule has 1 aromatic carbocycles. The normalized spacial score (nSPS) is 9.81. The molecule has 3 nitrogen and oxygen atoms in total. The van der Waals surface area contributed by atoms with Gasteiger partial charge >= 0.3 is 0 Å². The minimum Gasteiger partial charge on any atom is -0.252 e. The topological polar surface area (TPSA) is 49.6 Å². The third kappa shape index (κ3) is 1.85. The van der Waals surface area contributed by atoms with Gasteiger partial charge < -0.3 is 0 Å². The zero-order chi connectivity index (χ0) is 11.5. The van der Waals surface area contributed by atoms with Gasteiger partial charge in [0.05, 0.1) is 10.0 Å². The van der Waals surface area contributed by atoms with Crippen molar-refractivity contribution in [2.75, 3.05) is 0 Å². The highest BCUT2D eigenvalue weighted by atomic mass is 35.5. The third-order valence-corrected chi connectivity index (χ3v) is 2.83. The van der Waals surface area contributed by atoms with Crippen molar-refractivity contribution in [1.29, 1.82) is 5.26 Å². The number of hydrogen-bond acceptors (Lipinski definition) is 3. The van der Waals surface area contributed by atoms with Crippen LogP contribution in [0.25, 0.3) is 11.3 Å². The molecule has 2 aromatic rings. The van der Waals surface area contributed by atoms with E-state index in [-0.39, 0.29) is 5.69 Å². The fourth-order valence-corrected chi connectivity index (χ4v) is 1.69. The highest BCUT2D eigenvalue weighted by Gasteiger charge is 2.12. The molecule has 0 fully saturated rings. The van der Waals surface area contributed by atoms with Gasteiger partial charge in [0.15, 0.2) is 5.69 Å². The van der Waals surface area contributed by atoms with E-state index < -0.39 is 0 Å². The molecule has 0 atom stereocenters. The van der Waals surface area contributed by atoms with E-state index in [9.17, 15) is 0 Å². The Morgan fingerprint density at radius 1 is 1.12 bits per heavy atom. The molecule has 5 heteroatoms. The summed E-state index contributed by atoms with van der Waals surface area (Å²) in [6, 6.07) is 7.14. The minimum atomic E-state index is 0.228. The lowest BCUT2D eigenvalue weighted by atomic mass is 10.1. The Hall–Kier alpha value is -1.63. The van der Waals surface area contributed by atoms with Crippen LogP contribution in [0.2, 0.25) is 10.0 Å². The van der Waals surface area contributed by atoms with Gasteiger partial charge in [-0.25, -0.2) is 4.98 Å². The first-order chi connectivity index (χ1) is 7.74. The largest absolute Gasteiger partial charge is 0.252 e. The number of nitrogens with zero attached hydrogens (tertiary/aromatic N) is 3. The average Bonchev–Trinajstić information content (AvgIpc) is 2.33. The van der Waals surface area contributed by atoms with E-state index in [2.05, 4.69) is 9.97 Å². The molecule has 16 heavy (non-hydrogen) atoms. The lowest BCUT2D eigenvalue weighted by Crippen LogP contribution is -1.92. The van der Waals surface area contributed by atoms with Gasteiger partial charge in [-0.2, -0.15) is 5.26 Å². The minimum absolute atomic E-state index is 0.228. The smallest absolute Gasteiger partial charge is 0.166 e. The summed E-state index contributed by atoms with van der Waals surface area (Å²) in [6.07, 6.45) is 2.97. The summed E-state index contributed by atoms with van der Waals surface area (Å²) in [7, 11) is 0. The second-order valence-electron chi connectivity index (χ2n) is 2.97. The molecule has 1 heterocycles. The Kier molecular flexibility index (Phi) is 3.04. The summed E-state index contributed by atoms with van der Waals surface area (Å²) in [5.74, 6) is 0. The standard InChI is InChI=1S/C11H5Cl2N3/c12-8-3-1-2-7(10(8)13)11-9(6-14)15-4-5-16-11/h1-5H. The molecule has 0 unspecified atom stereocenters. The molecule has 2 rings (SSSR count). The number of hydrogen-bond donors (Lipinski definition) is 0. The Bertz CT molecular complexity index is 576. The van der Waals surface area contributed by atoms with E-state index in [1.54, 1.807) is 18.2 Å².